The molecule has 6 nitrogen and oxygen atoms in total. The third-order valence-electron chi connectivity index (χ3n) is 4.49. The van der Waals surface area contributed by atoms with Crippen LogP contribution in [0.2, 0.25) is 5.02 Å². The molecule has 2 amide bonds. The lowest BCUT2D eigenvalue weighted by Crippen LogP contribution is -2.34. The Morgan fingerprint density at radius 1 is 1.25 bits per heavy atom. The number of carbonyl (C=O) groups excluding carboxylic acids is 1. The van der Waals surface area contributed by atoms with Crippen LogP contribution in [0.15, 0.2) is 47.0 Å². The van der Waals surface area contributed by atoms with Gasteiger partial charge in [-0.15, -0.1) is 0 Å². The number of nitrogens with zero attached hydrogens (tertiary/aromatic N) is 3. The third kappa shape index (κ3) is 3.68. The number of carbonyl (C=O) groups is 1. The molecule has 0 spiro atoms. The van der Waals surface area contributed by atoms with Crippen LogP contribution in [0.1, 0.15) is 24.8 Å². The predicted molar refractivity (Wildman–Crippen MR) is 98.8 cm³/mol. The highest BCUT2D eigenvalue weighted by Gasteiger charge is 2.34. The van der Waals surface area contributed by atoms with Crippen molar-refractivity contribution in [3.8, 4) is 11.4 Å². The molecule has 9 heteroatoms. The van der Waals surface area contributed by atoms with Crippen molar-refractivity contribution in [2.45, 2.75) is 18.9 Å². The standard InChI is InChI=1S/C19H15ClF2N4O2/c20-11-3-1-4-13(9-11)23-19(27)26-8-2-5-16(26)18-24-17(25-28-18)14-7-6-12(21)10-15(14)22/h1,3-4,6-7,9-10,16H,2,5,8H2,(H,23,27). The van der Waals surface area contributed by atoms with Crippen LogP contribution in [0.5, 0.6) is 0 Å². The number of nitrogens with one attached hydrogen (secondary N) is 1. The molecule has 3 aromatic rings. The summed E-state index contributed by atoms with van der Waals surface area (Å²) in [5.41, 5.74) is 0.604. The highest BCUT2D eigenvalue weighted by Crippen LogP contribution is 2.33. The van der Waals surface area contributed by atoms with E-state index in [2.05, 4.69) is 15.5 Å². The lowest BCUT2D eigenvalue weighted by Gasteiger charge is -2.22. The molecule has 2 aromatic carbocycles. The van der Waals surface area contributed by atoms with Gasteiger partial charge in [-0.25, -0.2) is 13.6 Å². The molecule has 1 unspecified atom stereocenters. The van der Waals surface area contributed by atoms with Crippen LogP contribution < -0.4 is 5.32 Å². The Bertz CT molecular complexity index is 1030. The molecule has 1 saturated heterocycles. The van der Waals surface area contributed by atoms with E-state index < -0.39 is 17.7 Å². The van der Waals surface area contributed by atoms with E-state index in [1.807, 2.05) is 0 Å². The zero-order valence-electron chi connectivity index (χ0n) is 14.5. The summed E-state index contributed by atoms with van der Waals surface area (Å²) in [6.07, 6.45) is 1.40. The van der Waals surface area contributed by atoms with E-state index in [4.69, 9.17) is 16.1 Å². The Kier molecular flexibility index (Phi) is 4.95. The monoisotopic (exact) mass is 404 g/mol. The summed E-state index contributed by atoms with van der Waals surface area (Å²) in [6, 6.07) is 9.20. The van der Waals surface area contributed by atoms with E-state index in [9.17, 15) is 13.6 Å². The first kappa shape index (κ1) is 18.4. The van der Waals surface area contributed by atoms with Crippen molar-refractivity contribution >= 4 is 23.3 Å². The van der Waals surface area contributed by atoms with Gasteiger partial charge in [-0.2, -0.15) is 4.98 Å². The number of anilines is 1. The minimum atomic E-state index is -0.783. The molecule has 0 saturated carbocycles. The van der Waals surface area contributed by atoms with Gasteiger partial charge in [-0.3, -0.25) is 0 Å². The van der Waals surface area contributed by atoms with Crippen molar-refractivity contribution in [2.24, 2.45) is 0 Å². The van der Waals surface area contributed by atoms with Crippen LogP contribution in [-0.2, 0) is 0 Å². The van der Waals surface area contributed by atoms with Crippen LogP contribution in [0.4, 0.5) is 19.3 Å². The predicted octanol–water partition coefficient (Wildman–Crippen LogP) is 5.04. The SMILES string of the molecule is O=C(Nc1cccc(Cl)c1)N1CCCC1c1nc(-c2ccc(F)cc2F)no1. The molecule has 4 rings (SSSR count). The second-order valence-corrected chi connectivity index (χ2v) is 6.81. The average Bonchev–Trinajstić information content (AvgIpc) is 3.31. The normalized spacial score (nSPS) is 16.4. The molecular formula is C19H15ClF2N4O2. The van der Waals surface area contributed by atoms with Gasteiger partial charge >= 0.3 is 6.03 Å². The summed E-state index contributed by atoms with van der Waals surface area (Å²) in [7, 11) is 0. The summed E-state index contributed by atoms with van der Waals surface area (Å²) < 4.78 is 32.3. The maximum atomic E-state index is 14.0. The molecule has 2 heterocycles. The summed E-state index contributed by atoms with van der Waals surface area (Å²) >= 11 is 5.94. The fraction of sp³-hybridized carbons (Fsp3) is 0.211. The number of amides is 2. The molecule has 0 bridgehead atoms. The Hall–Kier alpha value is -3.00. The summed E-state index contributed by atoms with van der Waals surface area (Å²) in [4.78, 5) is 18.5. The fourth-order valence-corrected chi connectivity index (χ4v) is 3.37. The van der Waals surface area contributed by atoms with Crippen LogP contribution in [0.3, 0.4) is 0 Å². The maximum Gasteiger partial charge on any atom is 0.322 e. The largest absolute Gasteiger partial charge is 0.337 e. The van der Waals surface area contributed by atoms with Gasteiger partial charge in [0.25, 0.3) is 0 Å². The molecule has 0 aliphatic carbocycles. The van der Waals surface area contributed by atoms with E-state index in [1.54, 1.807) is 29.2 Å². The Morgan fingerprint density at radius 3 is 2.89 bits per heavy atom. The summed E-state index contributed by atoms with van der Waals surface area (Å²) in [5.74, 6) is -1.26. The van der Waals surface area contributed by atoms with E-state index >= 15 is 0 Å². The van der Waals surface area contributed by atoms with Gasteiger partial charge in [0.2, 0.25) is 11.7 Å². The van der Waals surface area contributed by atoms with Gasteiger partial charge in [0.15, 0.2) is 0 Å². The van der Waals surface area contributed by atoms with Crippen LogP contribution in [0, 0.1) is 11.6 Å². The maximum absolute atomic E-state index is 14.0. The second kappa shape index (κ2) is 7.55. The molecule has 1 aromatic heterocycles. The van der Waals surface area contributed by atoms with Crippen molar-refractivity contribution < 1.29 is 18.1 Å². The number of rotatable bonds is 3. The average molecular weight is 405 g/mol. The van der Waals surface area contributed by atoms with E-state index in [0.717, 1.165) is 18.6 Å². The molecule has 1 atom stereocenters. The van der Waals surface area contributed by atoms with E-state index in [0.29, 0.717) is 23.7 Å². The lowest BCUT2D eigenvalue weighted by molar-refractivity contribution is 0.193. The Morgan fingerprint density at radius 2 is 2.11 bits per heavy atom. The molecule has 1 aliphatic heterocycles. The molecule has 1 aliphatic rings. The zero-order valence-corrected chi connectivity index (χ0v) is 15.3. The Balaban J connectivity index is 1.54. The first-order valence-corrected chi connectivity index (χ1v) is 9.01. The number of likely N-dealkylation sites (tertiary alicyclic amines) is 1. The van der Waals surface area contributed by atoms with Gasteiger partial charge < -0.3 is 14.7 Å². The van der Waals surface area contributed by atoms with Crippen molar-refractivity contribution in [1.29, 1.82) is 0 Å². The number of hydrogen-bond donors (Lipinski definition) is 1. The topological polar surface area (TPSA) is 71.3 Å². The molecule has 28 heavy (non-hydrogen) atoms. The smallest absolute Gasteiger partial charge is 0.322 e. The first-order valence-electron chi connectivity index (χ1n) is 8.63. The minimum absolute atomic E-state index is 0.00889. The molecule has 1 N–H and O–H groups in total. The quantitative estimate of drug-likeness (QED) is 0.664. The van der Waals surface area contributed by atoms with Crippen molar-refractivity contribution in [3.05, 3.63) is 65.0 Å². The van der Waals surface area contributed by atoms with Crippen molar-refractivity contribution in [3.63, 3.8) is 0 Å². The van der Waals surface area contributed by atoms with Gasteiger partial charge in [0.1, 0.15) is 17.7 Å². The number of urea groups is 1. The van der Waals surface area contributed by atoms with Crippen LogP contribution >= 0.6 is 11.6 Å². The number of halogens is 3. The zero-order chi connectivity index (χ0) is 19.7. The van der Waals surface area contributed by atoms with Gasteiger partial charge in [0, 0.05) is 23.3 Å². The first-order chi connectivity index (χ1) is 13.5. The highest BCUT2D eigenvalue weighted by molar-refractivity contribution is 6.30. The molecular weight excluding hydrogens is 390 g/mol. The van der Waals surface area contributed by atoms with Crippen LogP contribution in [-0.4, -0.2) is 27.6 Å². The van der Waals surface area contributed by atoms with Gasteiger partial charge in [0.05, 0.1) is 5.56 Å². The van der Waals surface area contributed by atoms with Crippen LogP contribution in [0.25, 0.3) is 11.4 Å². The fourth-order valence-electron chi connectivity index (χ4n) is 3.18. The highest BCUT2D eigenvalue weighted by atomic mass is 35.5. The lowest BCUT2D eigenvalue weighted by atomic mass is 10.2. The molecule has 0 radical (unpaired) electrons. The van der Waals surface area contributed by atoms with E-state index in [-0.39, 0.29) is 23.3 Å². The number of aromatic nitrogens is 2. The summed E-state index contributed by atoms with van der Waals surface area (Å²) in [5, 5.41) is 7.09. The number of benzene rings is 2. The number of hydrogen-bond acceptors (Lipinski definition) is 4. The third-order valence-corrected chi connectivity index (χ3v) is 4.72. The van der Waals surface area contributed by atoms with Crippen molar-refractivity contribution in [1.82, 2.24) is 15.0 Å². The van der Waals surface area contributed by atoms with Crippen molar-refractivity contribution in [2.75, 3.05) is 11.9 Å². The van der Waals surface area contributed by atoms with Gasteiger partial charge in [-0.1, -0.05) is 22.8 Å². The Labute approximate surface area is 164 Å². The summed E-state index contributed by atoms with van der Waals surface area (Å²) in [6.45, 7) is 0.514. The van der Waals surface area contributed by atoms with Gasteiger partial charge in [-0.05, 0) is 43.2 Å². The molecule has 1 fully saturated rings. The minimum Gasteiger partial charge on any atom is -0.337 e. The van der Waals surface area contributed by atoms with E-state index in [1.165, 1.54) is 6.07 Å². The molecule has 144 valence electrons. The second-order valence-electron chi connectivity index (χ2n) is 6.37.